The molecule has 2 amide bonds. The van der Waals surface area contributed by atoms with Crippen molar-refractivity contribution in [1.82, 2.24) is 15.6 Å². The molecule has 0 saturated carbocycles. The van der Waals surface area contributed by atoms with Crippen molar-refractivity contribution in [2.24, 2.45) is 5.10 Å². The lowest BCUT2D eigenvalue weighted by Crippen LogP contribution is -2.19. The van der Waals surface area contributed by atoms with Crippen LogP contribution >= 0.6 is 43.2 Å². The number of anilines is 1. The van der Waals surface area contributed by atoms with Gasteiger partial charge in [-0.3, -0.25) is 14.9 Å². The third-order valence-electron chi connectivity index (χ3n) is 3.99. The Morgan fingerprint density at radius 3 is 2.65 bits per heavy atom. The fourth-order valence-electron chi connectivity index (χ4n) is 2.53. The van der Waals surface area contributed by atoms with Crippen molar-refractivity contribution >= 4 is 66.4 Å². The van der Waals surface area contributed by atoms with Gasteiger partial charge in [0.05, 0.1) is 12.6 Å². The standard InChI is InChI=1S/C19H13Br2N5O4S/c20-12-3-1-10(2-4-12)18(28)23-19-26-25-17(31-19)7-16(27)24-22-8-11-5-14-15(6-13(11)21)30-9-29-14/h1-6,8H,7,9H2,(H,24,27)(H,23,26,28). The van der Waals surface area contributed by atoms with Crippen LogP contribution in [0.25, 0.3) is 0 Å². The third-order valence-corrected chi connectivity index (χ3v) is 6.04. The van der Waals surface area contributed by atoms with Crippen LogP contribution in [0, 0.1) is 0 Å². The van der Waals surface area contributed by atoms with Crippen molar-refractivity contribution in [2.45, 2.75) is 6.42 Å². The molecule has 12 heteroatoms. The number of halogens is 2. The molecule has 31 heavy (non-hydrogen) atoms. The highest BCUT2D eigenvalue weighted by molar-refractivity contribution is 9.10. The van der Waals surface area contributed by atoms with E-state index in [1.165, 1.54) is 6.21 Å². The van der Waals surface area contributed by atoms with Crippen LogP contribution in [0.1, 0.15) is 20.9 Å². The van der Waals surface area contributed by atoms with Crippen molar-refractivity contribution in [1.29, 1.82) is 0 Å². The summed E-state index contributed by atoms with van der Waals surface area (Å²) in [7, 11) is 0. The lowest BCUT2D eigenvalue weighted by molar-refractivity contribution is -0.120. The highest BCUT2D eigenvalue weighted by Gasteiger charge is 2.16. The van der Waals surface area contributed by atoms with Crippen molar-refractivity contribution in [3.05, 3.63) is 61.5 Å². The summed E-state index contributed by atoms with van der Waals surface area (Å²) in [5, 5.41) is 15.2. The molecule has 2 heterocycles. The number of nitrogens with one attached hydrogen (secondary N) is 2. The Morgan fingerprint density at radius 2 is 1.87 bits per heavy atom. The van der Waals surface area contributed by atoms with Crippen LogP contribution in [0.3, 0.4) is 0 Å². The van der Waals surface area contributed by atoms with E-state index in [0.717, 1.165) is 25.8 Å². The quantitative estimate of drug-likeness (QED) is 0.347. The molecule has 4 rings (SSSR count). The number of fused-ring (bicyclic) bond motifs is 1. The molecular formula is C19H13Br2N5O4S. The van der Waals surface area contributed by atoms with Crippen LogP contribution in [0.5, 0.6) is 11.5 Å². The smallest absolute Gasteiger partial charge is 0.257 e. The Bertz CT molecular complexity index is 1170. The molecule has 2 N–H and O–H groups in total. The molecule has 0 saturated heterocycles. The topological polar surface area (TPSA) is 115 Å². The summed E-state index contributed by atoms with van der Waals surface area (Å²) in [6, 6.07) is 10.4. The number of carbonyl (C=O) groups excluding carboxylic acids is 2. The predicted molar refractivity (Wildman–Crippen MR) is 122 cm³/mol. The molecule has 1 aliphatic heterocycles. The van der Waals surface area contributed by atoms with Gasteiger partial charge in [-0.15, -0.1) is 10.2 Å². The molecule has 1 aromatic heterocycles. The normalized spacial score (nSPS) is 12.2. The maximum Gasteiger partial charge on any atom is 0.257 e. The van der Waals surface area contributed by atoms with Crippen molar-refractivity contribution in [3.8, 4) is 11.5 Å². The second kappa shape index (κ2) is 9.54. The second-order valence-electron chi connectivity index (χ2n) is 6.16. The Hall–Kier alpha value is -2.83. The van der Waals surface area contributed by atoms with Gasteiger partial charge in [0, 0.05) is 20.1 Å². The number of amides is 2. The first kappa shape index (κ1) is 21.4. The summed E-state index contributed by atoms with van der Waals surface area (Å²) in [5.41, 5.74) is 3.65. The largest absolute Gasteiger partial charge is 0.454 e. The maximum atomic E-state index is 12.2. The molecule has 0 unspecified atom stereocenters. The van der Waals surface area contributed by atoms with Crippen molar-refractivity contribution in [2.75, 3.05) is 12.1 Å². The molecule has 158 valence electrons. The van der Waals surface area contributed by atoms with E-state index in [1.807, 2.05) is 0 Å². The van der Waals surface area contributed by atoms with E-state index >= 15 is 0 Å². The molecule has 0 radical (unpaired) electrons. The Balaban J connectivity index is 1.30. The van der Waals surface area contributed by atoms with E-state index in [9.17, 15) is 9.59 Å². The fourth-order valence-corrected chi connectivity index (χ4v) is 3.95. The van der Waals surface area contributed by atoms with Gasteiger partial charge in [0.15, 0.2) is 11.5 Å². The number of ether oxygens (including phenoxy) is 2. The van der Waals surface area contributed by atoms with Gasteiger partial charge in [-0.2, -0.15) is 5.10 Å². The summed E-state index contributed by atoms with van der Waals surface area (Å²) in [5.74, 6) is 0.587. The minimum absolute atomic E-state index is 0.0224. The molecule has 0 aliphatic carbocycles. The number of benzene rings is 2. The summed E-state index contributed by atoms with van der Waals surface area (Å²) in [6.45, 7) is 0.173. The maximum absolute atomic E-state index is 12.2. The summed E-state index contributed by atoms with van der Waals surface area (Å²) in [4.78, 5) is 24.4. The van der Waals surface area contributed by atoms with Crippen LogP contribution in [0.15, 0.2) is 50.4 Å². The Labute approximate surface area is 197 Å². The zero-order valence-corrected chi connectivity index (χ0v) is 19.6. The lowest BCUT2D eigenvalue weighted by atomic mass is 10.2. The van der Waals surface area contributed by atoms with E-state index in [4.69, 9.17) is 9.47 Å². The van der Waals surface area contributed by atoms with Crippen LogP contribution in [-0.2, 0) is 11.2 Å². The van der Waals surface area contributed by atoms with Gasteiger partial charge in [-0.05, 0) is 52.3 Å². The lowest BCUT2D eigenvalue weighted by Gasteiger charge is -2.02. The minimum Gasteiger partial charge on any atom is -0.454 e. The molecule has 2 aromatic carbocycles. The van der Waals surface area contributed by atoms with Crippen LogP contribution in [0.2, 0.25) is 0 Å². The second-order valence-corrected chi connectivity index (χ2v) is 8.99. The highest BCUT2D eigenvalue weighted by atomic mass is 79.9. The first-order valence-electron chi connectivity index (χ1n) is 8.78. The summed E-state index contributed by atoms with van der Waals surface area (Å²) >= 11 is 7.86. The number of carbonyl (C=O) groups is 2. The molecule has 0 bridgehead atoms. The summed E-state index contributed by atoms with van der Waals surface area (Å²) in [6.07, 6.45) is 1.47. The predicted octanol–water partition coefficient (Wildman–Crippen LogP) is 3.74. The molecule has 0 spiro atoms. The number of nitrogens with zero attached hydrogens (tertiary/aromatic N) is 3. The number of rotatable bonds is 6. The van der Waals surface area contributed by atoms with E-state index < -0.39 is 0 Å². The van der Waals surface area contributed by atoms with E-state index in [-0.39, 0.29) is 25.0 Å². The van der Waals surface area contributed by atoms with Crippen molar-refractivity contribution < 1.29 is 19.1 Å². The van der Waals surface area contributed by atoms with E-state index in [2.05, 4.69) is 57.9 Å². The number of hydrogen-bond donors (Lipinski definition) is 2. The average Bonchev–Trinajstić information content (AvgIpc) is 3.37. The molecule has 0 atom stereocenters. The average molecular weight is 567 g/mol. The minimum atomic E-state index is -0.366. The van der Waals surface area contributed by atoms with Gasteiger partial charge in [0.1, 0.15) is 5.01 Å². The van der Waals surface area contributed by atoms with Gasteiger partial charge >= 0.3 is 0 Å². The molecule has 3 aromatic rings. The molecule has 0 fully saturated rings. The Kier molecular flexibility index (Phi) is 6.59. The van der Waals surface area contributed by atoms with Gasteiger partial charge in [-0.1, -0.05) is 27.3 Å². The first-order chi connectivity index (χ1) is 15.0. The highest BCUT2D eigenvalue weighted by Crippen LogP contribution is 2.36. The SMILES string of the molecule is O=C(Cc1nnc(NC(=O)c2ccc(Br)cc2)s1)NN=Cc1cc2c(cc1Br)OCO2. The van der Waals surface area contributed by atoms with Gasteiger partial charge in [0.25, 0.3) is 5.91 Å². The van der Waals surface area contributed by atoms with Gasteiger partial charge < -0.3 is 9.47 Å². The summed E-state index contributed by atoms with van der Waals surface area (Å²) < 4.78 is 12.2. The van der Waals surface area contributed by atoms with Gasteiger partial charge in [0.2, 0.25) is 17.8 Å². The van der Waals surface area contributed by atoms with Gasteiger partial charge in [-0.25, -0.2) is 5.43 Å². The zero-order valence-electron chi connectivity index (χ0n) is 15.6. The van der Waals surface area contributed by atoms with Crippen LogP contribution in [-0.4, -0.2) is 35.0 Å². The number of hydrogen-bond acceptors (Lipinski definition) is 8. The number of hydrazone groups is 1. The zero-order chi connectivity index (χ0) is 21.8. The van der Waals surface area contributed by atoms with Crippen LogP contribution < -0.4 is 20.2 Å². The van der Waals surface area contributed by atoms with Crippen LogP contribution in [0.4, 0.5) is 5.13 Å². The van der Waals surface area contributed by atoms with E-state index in [0.29, 0.717) is 27.2 Å². The third kappa shape index (κ3) is 5.46. The Morgan fingerprint density at radius 1 is 1.13 bits per heavy atom. The van der Waals surface area contributed by atoms with Crippen molar-refractivity contribution in [3.63, 3.8) is 0 Å². The molecule has 9 nitrogen and oxygen atoms in total. The fraction of sp³-hybridized carbons (Fsp3) is 0.105. The van der Waals surface area contributed by atoms with E-state index in [1.54, 1.807) is 36.4 Å². The monoisotopic (exact) mass is 565 g/mol. The molecule has 1 aliphatic rings. The number of aromatic nitrogens is 2. The molecular weight excluding hydrogens is 554 g/mol. The first-order valence-corrected chi connectivity index (χ1v) is 11.2.